The number of hydrogen-bond acceptors (Lipinski definition) is 3. The highest BCUT2D eigenvalue weighted by Gasteiger charge is 2.13. The molecule has 0 aliphatic rings. The predicted molar refractivity (Wildman–Crippen MR) is 67.2 cm³/mol. The van der Waals surface area contributed by atoms with Gasteiger partial charge in [-0.15, -0.1) is 0 Å². The fourth-order valence-electron chi connectivity index (χ4n) is 1.31. The van der Waals surface area contributed by atoms with Crippen LogP contribution in [-0.2, 0) is 7.05 Å². The van der Waals surface area contributed by atoms with Gasteiger partial charge in [-0.3, -0.25) is 4.68 Å². The first-order valence-electron chi connectivity index (χ1n) is 5.45. The number of aryl methyl sites for hydroxylation is 1. The van der Waals surface area contributed by atoms with Crippen LogP contribution in [0.25, 0.3) is 0 Å². The molecule has 0 spiro atoms. The maximum atomic E-state index is 4.43. The van der Waals surface area contributed by atoms with E-state index in [4.69, 9.17) is 0 Å². The average Bonchev–Trinajstić information content (AvgIpc) is 2.65. The summed E-state index contributed by atoms with van der Waals surface area (Å²) in [4.78, 5) is 0. The van der Waals surface area contributed by atoms with E-state index in [0.29, 0.717) is 6.04 Å². The van der Waals surface area contributed by atoms with Crippen molar-refractivity contribution in [3.8, 4) is 0 Å². The molecule has 1 aromatic heterocycles. The summed E-state index contributed by atoms with van der Waals surface area (Å²) < 4.78 is 1.85. The molecule has 0 radical (unpaired) electrons. The van der Waals surface area contributed by atoms with Gasteiger partial charge in [-0.25, -0.2) is 0 Å². The van der Waals surface area contributed by atoms with Crippen molar-refractivity contribution in [2.45, 2.75) is 31.6 Å². The SMILES string of the molecule is CCC(C)SCC(NC)c1ccn(C)n1. The van der Waals surface area contributed by atoms with E-state index >= 15 is 0 Å². The molecular weight excluding hydrogens is 206 g/mol. The quantitative estimate of drug-likeness (QED) is 0.808. The van der Waals surface area contributed by atoms with E-state index in [-0.39, 0.29) is 0 Å². The van der Waals surface area contributed by atoms with E-state index in [2.05, 4.69) is 30.3 Å². The monoisotopic (exact) mass is 227 g/mol. The summed E-state index contributed by atoms with van der Waals surface area (Å²) in [6, 6.07) is 2.45. The summed E-state index contributed by atoms with van der Waals surface area (Å²) in [6.07, 6.45) is 3.22. The standard InChI is InChI=1S/C11H21N3S/c1-5-9(2)15-8-11(12-3)10-6-7-14(4)13-10/h6-7,9,11-12H,5,8H2,1-4H3. The fraction of sp³-hybridized carbons (Fsp3) is 0.727. The van der Waals surface area contributed by atoms with Gasteiger partial charge in [-0.05, 0) is 19.5 Å². The van der Waals surface area contributed by atoms with Gasteiger partial charge in [0.25, 0.3) is 0 Å². The second-order valence-electron chi connectivity index (χ2n) is 3.81. The number of hydrogen-bond donors (Lipinski definition) is 1. The van der Waals surface area contributed by atoms with Gasteiger partial charge in [-0.1, -0.05) is 13.8 Å². The van der Waals surface area contributed by atoms with Crippen molar-refractivity contribution in [2.24, 2.45) is 7.05 Å². The number of nitrogens with zero attached hydrogens (tertiary/aromatic N) is 2. The number of thioether (sulfide) groups is 1. The molecule has 1 aromatic rings. The van der Waals surface area contributed by atoms with Gasteiger partial charge < -0.3 is 5.32 Å². The molecule has 0 saturated carbocycles. The van der Waals surface area contributed by atoms with Gasteiger partial charge in [0.1, 0.15) is 0 Å². The van der Waals surface area contributed by atoms with Crippen LogP contribution in [0.3, 0.4) is 0 Å². The van der Waals surface area contributed by atoms with Crippen LogP contribution in [0.2, 0.25) is 0 Å². The van der Waals surface area contributed by atoms with Crippen molar-refractivity contribution < 1.29 is 0 Å². The van der Waals surface area contributed by atoms with Crippen LogP contribution in [-0.4, -0.2) is 27.8 Å². The third-order valence-corrected chi connectivity index (χ3v) is 3.99. The Balaban J connectivity index is 2.49. The first-order valence-corrected chi connectivity index (χ1v) is 6.50. The van der Waals surface area contributed by atoms with Crippen molar-refractivity contribution in [3.63, 3.8) is 0 Å². The largest absolute Gasteiger partial charge is 0.311 e. The highest BCUT2D eigenvalue weighted by atomic mass is 32.2. The molecule has 0 saturated heterocycles. The van der Waals surface area contributed by atoms with E-state index in [1.165, 1.54) is 6.42 Å². The van der Waals surface area contributed by atoms with Crippen LogP contribution >= 0.6 is 11.8 Å². The Labute approximate surface area is 96.6 Å². The highest BCUT2D eigenvalue weighted by molar-refractivity contribution is 7.99. The predicted octanol–water partition coefficient (Wildman–Crippen LogP) is 2.21. The molecule has 1 N–H and O–H groups in total. The van der Waals surface area contributed by atoms with E-state index < -0.39 is 0 Å². The molecule has 2 unspecified atom stereocenters. The van der Waals surface area contributed by atoms with Gasteiger partial charge in [0.2, 0.25) is 0 Å². The number of aromatic nitrogens is 2. The molecule has 15 heavy (non-hydrogen) atoms. The smallest absolute Gasteiger partial charge is 0.0802 e. The van der Waals surface area contributed by atoms with Crippen molar-refractivity contribution in [2.75, 3.05) is 12.8 Å². The van der Waals surface area contributed by atoms with Crippen LogP contribution < -0.4 is 5.32 Å². The van der Waals surface area contributed by atoms with Crippen LogP contribution in [0.1, 0.15) is 32.0 Å². The van der Waals surface area contributed by atoms with Crippen molar-refractivity contribution in [1.82, 2.24) is 15.1 Å². The van der Waals surface area contributed by atoms with Gasteiger partial charge in [0.05, 0.1) is 11.7 Å². The van der Waals surface area contributed by atoms with Crippen molar-refractivity contribution >= 4 is 11.8 Å². The average molecular weight is 227 g/mol. The Kier molecular flexibility index (Phi) is 5.19. The molecule has 4 heteroatoms. The fourth-order valence-corrected chi connectivity index (χ4v) is 2.41. The van der Waals surface area contributed by atoms with E-state index in [0.717, 1.165) is 16.7 Å². The highest BCUT2D eigenvalue weighted by Crippen LogP contribution is 2.21. The maximum absolute atomic E-state index is 4.43. The zero-order valence-corrected chi connectivity index (χ0v) is 10.8. The third kappa shape index (κ3) is 3.87. The third-order valence-electron chi connectivity index (χ3n) is 2.56. The van der Waals surface area contributed by atoms with Crippen LogP contribution in [0.5, 0.6) is 0 Å². The van der Waals surface area contributed by atoms with Crippen molar-refractivity contribution in [3.05, 3.63) is 18.0 Å². The van der Waals surface area contributed by atoms with Crippen LogP contribution in [0.4, 0.5) is 0 Å². The lowest BCUT2D eigenvalue weighted by Gasteiger charge is -2.15. The molecule has 86 valence electrons. The summed E-state index contributed by atoms with van der Waals surface area (Å²) in [7, 11) is 3.95. The normalized spacial score (nSPS) is 15.2. The first-order chi connectivity index (χ1) is 7.17. The van der Waals surface area contributed by atoms with Gasteiger partial charge >= 0.3 is 0 Å². The molecular formula is C11H21N3S. The molecule has 0 amide bonds. The number of rotatable bonds is 6. The minimum Gasteiger partial charge on any atom is -0.311 e. The number of nitrogens with one attached hydrogen (secondary N) is 1. The molecule has 2 atom stereocenters. The molecule has 1 rings (SSSR count). The first kappa shape index (κ1) is 12.6. The van der Waals surface area contributed by atoms with Crippen LogP contribution in [0, 0.1) is 0 Å². The Bertz CT molecular complexity index is 285. The lowest BCUT2D eigenvalue weighted by atomic mass is 10.2. The molecule has 0 bridgehead atoms. The van der Waals surface area contributed by atoms with E-state index in [1.807, 2.05) is 36.7 Å². The van der Waals surface area contributed by atoms with Gasteiger partial charge in [0, 0.05) is 24.2 Å². The minimum atomic E-state index is 0.366. The zero-order chi connectivity index (χ0) is 11.3. The summed E-state index contributed by atoms with van der Waals surface area (Å²) in [5.74, 6) is 1.09. The summed E-state index contributed by atoms with van der Waals surface area (Å²) in [6.45, 7) is 4.50. The molecule has 3 nitrogen and oxygen atoms in total. The van der Waals surface area contributed by atoms with Gasteiger partial charge in [-0.2, -0.15) is 16.9 Å². The topological polar surface area (TPSA) is 29.9 Å². The molecule has 1 heterocycles. The summed E-state index contributed by atoms with van der Waals surface area (Å²) in [5.41, 5.74) is 1.14. The molecule has 0 aliphatic heterocycles. The Hall–Kier alpha value is -0.480. The van der Waals surface area contributed by atoms with Gasteiger partial charge in [0.15, 0.2) is 0 Å². The van der Waals surface area contributed by atoms with E-state index in [1.54, 1.807) is 0 Å². The van der Waals surface area contributed by atoms with E-state index in [9.17, 15) is 0 Å². The second-order valence-corrected chi connectivity index (χ2v) is 5.28. The molecule has 0 aliphatic carbocycles. The Morgan fingerprint density at radius 2 is 2.33 bits per heavy atom. The molecule has 0 aromatic carbocycles. The minimum absolute atomic E-state index is 0.366. The second kappa shape index (κ2) is 6.18. The Morgan fingerprint density at radius 3 is 2.80 bits per heavy atom. The summed E-state index contributed by atoms with van der Waals surface area (Å²) in [5, 5.41) is 8.47. The summed E-state index contributed by atoms with van der Waals surface area (Å²) >= 11 is 2.00. The lowest BCUT2D eigenvalue weighted by molar-refractivity contribution is 0.618. The molecule has 0 fully saturated rings. The Morgan fingerprint density at radius 1 is 1.60 bits per heavy atom. The maximum Gasteiger partial charge on any atom is 0.0802 e. The lowest BCUT2D eigenvalue weighted by Crippen LogP contribution is -2.20. The van der Waals surface area contributed by atoms with Crippen LogP contribution in [0.15, 0.2) is 12.3 Å². The van der Waals surface area contributed by atoms with Crippen molar-refractivity contribution in [1.29, 1.82) is 0 Å². The zero-order valence-electron chi connectivity index (χ0n) is 10.0.